The van der Waals surface area contributed by atoms with Crippen molar-refractivity contribution in [3.63, 3.8) is 0 Å². The van der Waals surface area contributed by atoms with E-state index in [0.29, 0.717) is 10.8 Å². The lowest BCUT2D eigenvalue weighted by Gasteiger charge is -2.07. The second kappa shape index (κ2) is 5.85. The van der Waals surface area contributed by atoms with Gasteiger partial charge in [-0.15, -0.1) is 0 Å². The van der Waals surface area contributed by atoms with Gasteiger partial charge in [0.25, 0.3) is 0 Å². The molecule has 0 unspecified atom stereocenters. The molecule has 0 saturated heterocycles. The number of benzene rings is 1. The number of carboxylic acid groups (broad SMARTS) is 1. The third-order valence-electron chi connectivity index (χ3n) is 1.53. The van der Waals surface area contributed by atoms with E-state index in [1.807, 2.05) is 0 Å². The quantitative estimate of drug-likeness (QED) is 0.780. The molecule has 0 aliphatic heterocycles. The molecule has 1 rings (SSSR count). The summed E-state index contributed by atoms with van der Waals surface area (Å²) < 4.78 is 7.77. The van der Waals surface area contributed by atoms with Crippen molar-refractivity contribution in [3.8, 4) is 5.75 Å². The third kappa shape index (κ3) is 3.99. The molecule has 0 aromatic heterocycles. The molecule has 0 atom stereocenters. The Balaban J connectivity index is 2.65. The van der Waals surface area contributed by atoms with Crippen LogP contribution in [0.2, 0.25) is 5.02 Å². The fraction of sp³-hybridized carbons (Fsp3) is 0.222. The Kier molecular flexibility index (Phi) is 4.74. The maximum Gasteiger partial charge on any atom is 0.318 e. The molecule has 0 fully saturated rings. The highest BCUT2D eigenvalue weighted by Crippen LogP contribution is 2.29. The van der Waals surface area contributed by atoms with Crippen LogP contribution in [0.4, 0.5) is 0 Å². The topological polar surface area (TPSA) is 58.6 Å². The molecule has 0 bridgehead atoms. The minimum Gasteiger partial charge on any atom is -0.496 e. The Bertz CT molecular complexity index is 359. The number of hydrogen-bond acceptors (Lipinski definition) is 4. The van der Waals surface area contributed by atoms with Crippen molar-refractivity contribution in [3.05, 3.63) is 23.2 Å². The molecule has 0 heterocycles. The minimum atomic E-state index is -0.913. The van der Waals surface area contributed by atoms with Crippen LogP contribution in [0.5, 0.6) is 5.75 Å². The zero-order valence-corrected chi connectivity index (χ0v) is 9.56. The van der Waals surface area contributed by atoms with Crippen molar-refractivity contribution in [2.24, 2.45) is 0 Å². The SMILES string of the molecule is COc1ccc(Cl)cc1SNCC(=O)O. The van der Waals surface area contributed by atoms with Crippen molar-refractivity contribution in [1.29, 1.82) is 0 Å². The molecular formula is C9H10ClNO3S. The van der Waals surface area contributed by atoms with E-state index in [2.05, 4.69) is 4.72 Å². The van der Waals surface area contributed by atoms with E-state index in [1.165, 1.54) is 11.9 Å². The molecule has 6 heteroatoms. The molecular weight excluding hydrogens is 238 g/mol. The van der Waals surface area contributed by atoms with Crippen molar-refractivity contribution < 1.29 is 14.6 Å². The summed E-state index contributed by atoms with van der Waals surface area (Å²) in [5, 5.41) is 9.02. The molecule has 0 spiro atoms. The molecule has 4 nitrogen and oxygen atoms in total. The lowest BCUT2D eigenvalue weighted by molar-refractivity contribution is -0.135. The predicted molar refractivity (Wildman–Crippen MR) is 59.5 cm³/mol. The maximum absolute atomic E-state index is 10.3. The number of nitrogens with one attached hydrogen (secondary N) is 1. The molecule has 0 radical (unpaired) electrons. The van der Waals surface area contributed by atoms with E-state index in [4.69, 9.17) is 21.4 Å². The van der Waals surface area contributed by atoms with Gasteiger partial charge in [-0.25, -0.2) is 4.72 Å². The fourth-order valence-electron chi connectivity index (χ4n) is 0.906. The van der Waals surface area contributed by atoms with Gasteiger partial charge in [-0.3, -0.25) is 4.79 Å². The molecule has 1 aromatic rings. The average Bonchev–Trinajstić information content (AvgIpc) is 2.17. The molecule has 1 aromatic carbocycles. The van der Waals surface area contributed by atoms with Crippen LogP contribution in [0.1, 0.15) is 0 Å². The standard InChI is InChI=1S/C9H10ClNO3S/c1-14-7-3-2-6(10)4-8(7)15-11-5-9(12)13/h2-4,11H,5H2,1H3,(H,12,13). The predicted octanol–water partition coefficient (Wildman–Crippen LogP) is 2.03. The summed E-state index contributed by atoms with van der Waals surface area (Å²) >= 11 is 6.98. The molecule has 0 amide bonds. The number of halogens is 1. The van der Waals surface area contributed by atoms with Crippen LogP contribution in [0.15, 0.2) is 23.1 Å². The second-order valence-corrected chi connectivity index (χ2v) is 3.98. The first kappa shape index (κ1) is 12.2. The Morgan fingerprint density at radius 2 is 2.40 bits per heavy atom. The maximum atomic E-state index is 10.3. The summed E-state index contributed by atoms with van der Waals surface area (Å²) in [5.41, 5.74) is 0. The van der Waals surface area contributed by atoms with Gasteiger partial charge in [-0.05, 0) is 30.1 Å². The summed E-state index contributed by atoms with van der Waals surface area (Å²) in [6, 6.07) is 5.15. The van der Waals surface area contributed by atoms with Crippen molar-refractivity contribution in [2.45, 2.75) is 4.90 Å². The van der Waals surface area contributed by atoms with Crippen LogP contribution in [-0.2, 0) is 4.79 Å². The molecule has 15 heavy (non-hydrogen) atoms. The molecule has 2 N–H and O–H groups in total. The van der Waals surface area contributed by atoms with Crippen molar-refractivity contribution in [1.82, 2.24) is 4.72 Å². The normalized spacial score (nSPS) is 10.0. The summed E-state index contributed by atoms with van der Waals surface area (Å²) in [5.74, 6) is -0.259. The number of carboxylic acids is 1. The zero-order valence-electron chi connectivity index (χ0n) is 7.99. The van der Waals surface area contributed by atoms with Crippen LogP contribution in [0, 0.1) is 0 Å². The van der Waals surface area contributed by atoms with Gasteiger partial charge in [0, 0.05) is 5.02 Å². The molecule has 0 saturated carbocycles. The van der Waals surface area contributed by atoms with Gasteiger partial charge >= 0.3 is 5.97 Å². The van der Waals surface area contributed by atoms with Crippen molar-refractivity contribution in [2.75, 3.05) is 13.7 Å². The number of rotatable bonds is 5. The molecule has 0 aliphatic rings. The average molecular weight is 248 g/mol. The monoisotopic (exact) mass is 247 g/mol. The minimum absolute atomic E-state index is 0.125. The highest BCUT2D eigenvalue weighted by Gasteiger charge is 2.05. The highest BCUT2D eigenvalue weighted by molar-refractivity contribution is 7.97. The van der Waals surface area contributed by atoms with Crippen LogP contribution >= 0.6 is 23.5 Å². The van der Waals surface area contributed by atoms with Gasteiger partial charge in [-0.1, -0.05) is 11.6 Å². The van der Waals surface area contributed by atoms with Gasteiger partial charge in [0.1, 0.15) is 12.3 Å². The highest BCUT2D eigenvalue weighted by atomic mass is 35.5. The van der Waals surface area contributed by atoms with E-state index in [0.717, 1.165) is 4.90 Å². The lowest BCUT2D eigenvalue weighted by Crippen LogP contribution is -2.15. The molecule has 0 aliphatic carbocycles. The Morgan fingerprint density at radius 1 is 1.67 bits per heavy atom. The largest absolute Gasteiger partial charge is 0.496 e. The van der Waals surface area contributed by atoms with E-state index in [-0.39, 0.29) is 6.54 Å². The lowest BCUT2D eigenvalue weighted by atomic mass is 10.3. The van der Waals surface area contributed by atoms with Gasteiger partial charge in [0.05, 0.1) is 12.0 Å². The number of hydrogen-bond donors (Lipinski definition) is 2. The number of methoxy groups -OCH3 is 1. The first-order valence-electron chi connectivity index (χ1n) is 4.08. The van der Waals surface area contributed by atoms with Gasteiger partial charge in [0.15, 0.2) is 0 Å². The summed E-state index contributed by atoms with van der Waals surface area (Å²) in [7, 11) is 1.55. The number of carbonyl (C=O) groups is 1. The number of ether oxygens (including phenoxy) is 1. The first-order valence-corrected chi connectivity index (χ1v) is 5.28. The van der Waals surface area contributed by atoms with Crippen LogP contribution in [-0.4, -0.2) is 24.7 Å². The Morgan fingerprint density at radius 3 is 3.00 bits per heavy atom. The van der Waals surface area contributed by atoms with Crippen molar-refractivity contribution >= 4 is 29.5 Å². The van der Waals surface area contributed by atoms with Crippen LogP contribution in [0.25, 0.3) is 0 Å². The van der Waals surface area contributed by atoms with Crippen LogP contribution in [0.3, 0.4) is 0 Å². The zero-order chi connectivity index (χ0) is 11.3. The second-order valence-electron chi connectivity index (χ2n) is 2.61. The smallest absolute Gasteiger partial charge is 0.318 e. The summed E-state index contributed by atoms with van der Waals surface area (Å²) in [6.45, 7) is -0.125. The van der Waals surface area contributed by atoms with Gasteiger partial charge < -0.3 is 9.84 Å². The molecule has 82 valence electrons. The fourth-order valence-corrected chi connectivity index (χ4v) is 1.93. The Labute approximate surface area is 96.7 Å². The van der Waals surface area contributed by atoms with E-state index >= 15 is 0 Å². The van der Waals surface area contributed by atoms with Gasteiger partial charge in [-0.2, -0.15) is 0 Å². The van der Waals surface area contributed by atoms with Gasteiger partial charge in [0.2, 0.25) is 0 Å². The number of aliphatic carboxylic acids is 1. The van der Waals surface area contributed by atoms with Crippen LogP contribution < -0.4 is 9.46 Å². The summed E-state index contributed by atoms with van der Waals surface area (Å²) in [6.07, 6.45) is 0. The first-order chi connectivity index (χ1) is 7.13. The van der Waals surface area contributed by atoms with E-state index in [1.54, 1.807) is 25.3 Å². The third-order valence-corrected chi connectivity index (χ3v) is 2.59. The van der Waals surface area contributed by atoms with E-state index in [9.17, 15) is 4.79 Å². The Hall–Kier alpha value is -0.910. The van der Waals surface area contributed by atoms with E-state index < -0.39 is 5.97 Å². The summed E-state index contributed by atoms with van der Waals surface area (Å²) in [4.78, 5) is 11.0.